The molecule has 0 saturated carbocycles. The highest BCUT2D eigenvalue weighted by atomic mass is 79.9. The topological polar surface area (TPSA) is 29.1 Å². The number of benzene rings is 1. The molecule has 0 aliphatic carbocycles. The van der Waals surface area contributed by atoms with Gasteiger partial charge >= 0.3 is 0 Å². The Bertz CT molecular complexity index is 390. The number of nitrogens with one attached hydrogen (secondary N) is 1. The van der Waals surface area contributed by atoms with Gasteiger partial charge in [0.2, 0.25) is 0 Å². The summed E-state index contributed by atoms with van der Waals surface area (Å²) in [5.41, 5.74) is 1.91. The van der Waals surface area contributed by atoms with E-state index in [9.17, 15) is 4.79 Å². The molecule has 1 rings (SSSR count). The summed E-state index contributed by atoms with van der Waals surface area (Å²) in [6.45, 7) is 9.58. The summed E-state index contributed by atoms with van der Waals surface area (Å²) >= 11 is 3.40. The minimum Gasteiger partial charge on any atom is -0.352 e. The molecule has 0 spiro atoms. The SMILES string of the molecule is CC(C)C(CNC(=O)c1ccc(CBr)cc1)C(C)C. The molecule has 106 valence electrons. The summed E-state index contributed by atoms with van der Waals surface area (Å²) in [7, 11) is 0. The van der Waals surface area contributed by atoms with Crippen molar-refractivity contribution in [3.63, 3.8) is 0 Å². The van der Waals surface area contributed by atoms with Crippen LogP contribution in [0, 0.1) is 17.8 Å². The number of rotatable bonds is 6. The molecular formula is C16H24BrNO. The zero-order chi connectivity index (χ0) is 14.4. The average Bonchev–Trinajstić information content (AvgIpc) is 2.38. The lowest BCUT2D eigenvalue weighted by Crippen LogP contribution is -2.33. The summed E-state index contributed by atoms with van der Waals surface area (Å²) in [6.07, 6.45) is 0. The van der Waals surface area contributed by atoms with Crippen LogP contribution in [0.1, 0.15) is 43.6 Å². The summed E-state index contributed by atoms with van der Waals surface area (Å²) < 4.78 is 0. The fraction of sp³-hybridized carbons (Fsp3) is 0.562. The van der Waals surface area contributed by atoms with Crippen LogP contribution in [0.15, 0.2) is 24.3 Å². The van der Waals surface area contributed by atoms with E-state index < -0.39 is 0 Å². The summed E-state index contributed by atoms with van der Waals surface area (Å²) in [6, 6.07) is 7.72. The number of hydrogen-bond acceptors (Lipinski definition) is 1. The standard InChI is InChI=1S/C16H24BrNO/c1-11(2)15(12(3)4)10-18-16(19)14-7-5-13(9-17)6-8-14/h5-8,11-12,15H,9-10H2,1-4H3,(H,18,19). The second-order valence-corrected chi connectivity index (χ2v) is 6.25. The Morgan fingerprint density at radius 2 is 1.63 bits per heavy atom. The van der Waals surface area contributed by atoms with Gasteiger partial charge < -0.3 is 5.32 Å². The van der Waals surface area contributed by atoms with Crippen LogP contribution in [0.3, 0.4) is 0 Å². The van der Waals surface area contributed by atoms with Crippen LogP contribution in [-0.4, -0.2) is 12.5 Å². The van der Waals surface area contributed by atoms with E-state index in [1.807, 2.05) is 24.3 Å². The molecule has 0 atom stereocenters. The maximum absolute atomic E-state index is 12.1. The predicted molar refractivity (Wildman–Crippen MR) is 84.6 cm³/mol. The molecule has 0 fully saturated rings. The Balaban J connectivity index is 2.58. The lowest BCUT2D eigenvalue weighted by Gasteiger charge is -2.25. The van der Waals surface area contributed by atoms with E-state index >= 15 is 0 Å². The first-order valence-corrected chi connectivity index (χ1v) is 8.01. The lowest BCUT2D eigenvalue weighted by atomic mass is 9.85. The van der Waals surface area contributed by atoms with Crippen LogP contribution in [-0.2, 0) is 5.33 Å². The van der Waals surface area contributed by atoms with Gasteiger partial charge in [-0.1, -0.05) is 55.8 Å². The summed E-state index contributed by atoms with van der Waals surface area (Å²) in [4.78, 5) is 12.1. The maximum atomic E-state index is 12.1. The van der Waals surface area contributed by atoms with Gasteiger partial charge in [-0.05, 0) is 35.4 Å². The van der Waals surface area contributed by atoms with Crippen LogP contribution in [0.5, 0.6) is 0 Å². The number of halogens is 1. The van der Waals surface area contributed by atoms with Gasteiger partial charge in [-0.2, -0.15) is 0 Å². The van der Waals surface area contributed by atoms with Crippen molar-refractivity contribution in [3.8, 4) is 0 Å². The van der Waals surface area contributed by atoms with Gasteiger partial charge in [-0.15, -0.1) is 0 Å². The van der Waals surface area contributed by atoms with Crippen LogP contribution >= 0.6 is 15.9 Å². The van der Waals surface area contributed by atoms with Crippen molar-refractivity contribution in [3.05, 3.63) is 35.4 Å². The Morgan fingerprint density at radius 3 is 2.05 bits per heavy atom. The number of hydrogen-bond donors (Lipinski definition) is 1. The van der Waals surface area contributed by atoms with Gasteiger partial charge in [0.25, 0.3) is 5.91 Å². The highest BCUT2D eigenvalue weighted by Crippen LogP contribution is 2.19. The molecular weight excluding hydrogens is 302 g/mol. The Kier molecular flexibility index (Phi) is 6.56. The van der Waals surface area contributed by atoms with Crippen molar-refractivity contribution in [1.82, 2.24) is 5.32 Å². The number of carbonyl (C=O) groups excluding carboxylic acids is 1. The summed E-state index contributed by atoms with van der Waals surface area (Å²) in [5, 5.41) is 3.87. The summed E-state index contributed by atoms with van der Waals surface area (Å²) in [5.74, 6) is 1.70. The highest BCUT2D eigenvalue weighted by Gasteiger charge is 2.18. The third kappa shape index (κ3) is 4.98. The van der Waals surface area contributed by atoms with Crippen LogP contribution < -0.4 is 5.32 Å². The molecule has 0 unspecified atom stereocenters. The van der Waals surface area contributed by atoms with Gasteiger partial charge in [-0.3, -0.25) is 4.79 Å². The van der Waals surface area contributed by atoms with Gasteiger partial charge in [0.1, 0.15) is 0 Å². The van der Waals surface area contributed by atoms with Crippen molar-refractivity contribution in [2.75, 3.05) is 6.54 Å². The Labute approximate surface area is 125 Å². The first kappa shape index (κ1) is 16.2. The fourth-order valence-electron chi connectivity index (χ4n) is 2.30. The third-order valence-electron chi connectivity index (χ3n) is 3.58. The van der Waals surface area contributed by atoms with Crippen LogP contribution in [0.4, 0.5) is 0 Å². The second kappa shape index (κ2) is 7.68. The Morgan fingerprint density at radius 1 is 1.11 bits per heavy atom. The number of amides is 1. The highest BCUT2D eigenvalue weighted by molar-refractivity contribution is 9.08. The molecule has 0 heterocycles. The van der Waals surface area contributed by atoms with E-state index in [-0.39, 0.29) is 5.91 Å². The monoisotopic (exact) mass is 325 g/mol. The second-order valence-electron chi connectivity index (χ2n) is 5.69. The molecule has 0 aromatic heterocycles. The molecule has 0 radical (unpaired) electrons. The van der Waals surface area contributed by atoms with Gasteiger partial charge in [0.05, 0.1) is 0 Å². The molecule has 0 aliphatic heterocycles. The molecule has 0 aliphatic rings. The van der Waals surface area contributed by atoms with Crippen molar-refractivity contribution >= 4 is 21.8 Å². The van der Waals surface area contributed by atoms with E-state index in [1.54, 1.807) is 0 Å². The largest absolute Gasteiger partial charge is 0.352 e. The zero-order valence-electron chi connectivity index (χ0n) is 12.2. The molecule has 1 aromatic carbocycles. The fourth-order valence-corrected chi connectivity index (χ4v) is 2.67. The predicted octanol–water partition coefficient (Wildman–Crippen LogP) is 4.24. The van der Waals surface area contributed by atoms with E-state index in [0.29, 0.717) is 17.8 Å². The molecule has 1 amide bonds. The van der Waals surface area contributed by atoms with E-state index in [2.05, 4.69) is 48.9 Å². The first-order chi connectivity index (χ1) is 8.95. The average molecular weight is 326 g/mol. The minimum atomic E-state index is 0.0208. The first-order valence-electron chi connectivity index (χ1n) is 6.88. The van der Waals surface area contributed by atoms with E-state index in [0.717, 1.165) is 17.4 Å². The van der Waals surface area contributed by atoms with Crippen molar-refractivity contribution in [2.24, 2.45) is 17.8 Å². The van der Waals surface area contributed by atoms with E-state index in [4.69, 9.17) is 0 Å². The zero-order valence-corrected chi connectivity index (χ0v) is 13.8. The van der Waals surface area contributed by atoms with Crippen LogP contribution in [0.2, 0.25) is 0 Å². The van der Waals surface area contributed by atoms with Gasteiger partial charge in [0, 0.05) is 17.4 Å². The molecule has 19 heavy (non-hydrogen) atoms. The molecule has 1 aromatic rings. The number of carbonyl (C=O) groups is 1. The van der Waals surface area contributed by atoms with Crippen LogP contribution in [0.25, 0.3) is 0 Å². The van der Waals surface area contributed by atoms with Gasteiger partial charge in [0.15, 0.2) is 0 Å². The van der Waals surface area contributed by atoms with Crippen molar-refractivity contribution < 1.29 is 4.79 Å². The molecule has 0 saturated heterocycles. The normalized spacial score (nSPS) is 11.4. The lowest BCUT2D eigenvalue weighted by molar-refractivity contribution is 0.0937. The molecule has 2 nitrogen and oxygen atoms in total. The van der Waals surface area contributed by atoms with Gasteiger partial charge in [-0.25, -0.2) is 0 Å². The smallest absolute Gasteiger partial charge is 0.251 e. The van der Waals surface area contributed by atoms with Crippen molar-refractivity contribution in [1.29, 1.82) is 0 Å². The maximum Gasteiger partial charge on any atom is 0.251 e. The molecule has 3 heteroatoms. The quantitative estimate of drug-likeness (QED) is 0.779. The molecule has 0 bridgehead atoms. The molecule has 1 N–H and O–H groups in total. The van der Waals surface area contributed by atoms with Crippen molar-refractivity contribution in [2.45, 2.75) is 33.0 Å². The van der Waals surface area contributed by atoms with E-state index in [1.165, 1.54) is 5.56 Å². The third-order valence-corrected chi connectivity index (χ3v) is 4.23. The number of alkyl halides is 1. The Hall–Kier alpha value is -0.830. The minimum absolute atomic E-state index is 0.0208.